The summed E-state index contributed by atoms with van der Waals surface area (Å²) in [5, 5.41) is 6.84. The molecule has 25 heavy (non-hydrogen) atoms. The molecule has 1 aromatic heterocycles. The quantitative estimate of drug-likeness (QED) is 0.859. The van der Waals surface area contributed by atoms with Crippen LogP contribution >= 0.6 is 0 Å². The maximum absolute atomic E-state index is 12.4. The van der Waals surface area contributed by atoms with Gasteiger partial charge in [-0.1, -0.05) is 18.2 Å². The zero-order valence-electron chi connectivity index (χ0n) is 14.3. The zero-order chi connectivity index (χ0) is 18.0. The lowest BCUT2D eigenvalue weighted by atomic mass is 9.97. The van der Waals surface area contributed by atoms with Crippen LogP contribution < -0.4 is 5.56 Å². The van der Waals surface area contributed by atoms with Gasteiger partial charge in [-0.25, -0.2) is 9.89 Å². The molecule has 132 valence electrons. The summed E-state index contributed by atoms with van der Waals surface area (Å²) in [4.78, 5) is 38.3. The van der Waals surface area contributed by atoms with Crippen molar-refractivity contribution in [1.82, 2.24) is 15.1 Å². The summed E-state index contributed by atoms with van der Waals surface area (Å²) in [6.45, 7) is 3.68. The predicted molar refractivity (Wildman–Crippen MR) is 92.3 cm³/mol. The highest BCUT2D eigenvalue weighted by Gasteiger charge is 2.29. The van der Waals surface area contributed by atoms with Crippen molar-refractivity contribution in [2.45, 2.75) is 45.2 Å². The number of ether oxygens (including phenoxy) is 1. The Hall–Kier alpha value is -2.70. The number of hydrogen-bond donors (Lipinski definition) is 1. The highest BCUT2D eigenvalue weighted by molar-refractivity contribution is 6.02. The lowest BCUT2D eigenvalue weighted by molar-refractivity contribution is -0.140. The molecule has 2 atom stereocenters. The zero-order valence-corrected chi connectivity index (χ0v) is 14.3. The van der Waals surface area contributed by atoms with Crippen molar-refractivity contribution in [2.75, 3.05) is 6.61 Å². The van der Waals surface area contributed by atoms with Crippen molar-refractivity contribution < 1.29 is 14.3 Å². The lowest BCUT2D eigenvalue weighted by Gasteiger charge is -2.38. The molecule has 0 unspecified atom stereocenters. The molecular weight excluding hydrogens is 322 g/mol. The number of rotatable bonds is 3. The van der Waals surface area contributed by atoms with Gasteiger partial charge in [-0.2, -0.15) is 5.10 Å². The first-order valence-electron chi connectivity index (χ1n) is 8.44. The number of carbonyl (C=O) groups is 2. The number of carbonyl (C=O) groups excluding carboxylic acids is 2. The van der Waals surface area contributed by atoms with Gasteiger partial charge in [0.1, 0.15) is 0 Å². The first-order chi connectivity index (χ1) is 12.0. The van der Waals surface area contributed by atoms with E-state index in [1.54, 1.807) is 29.2 Å². The summed E-state index contributed by atoms with van der Waals surface area (Å²) < 4.78 is 5.17. The Kier molecular flexibility index (Phi) is 4.83. The highest BCUT2D eigenvalue weighted by atomic mass is 16.5. The summed E-state index contributed by atoms with van der Waals surface area (Å²) in [7, 11) is 0. The van der Waals surface area contributed by atoms with Gasteiger partial charge in [-0.15, -0.1) is 0 Å². The van der Waals surface area contributed by atoms with Gasteiger partial charge in [0.25, 0.3) is 11.5 Å². The van der Waals surface area contributed by atoms with E-state index in [0.717, 1.165) is 19.3 Å². The van der Waals surface area contributed by atoms with Crippen LogP contribution in [0.3, 0.4) is 0 Å². The molecule has 0 saturated carbocycles. The summed E-state index contributed by atoms with van der Waals surface area (Å²) in [5.74, 6) is -0.931. The Morgan fingerprint density at radius 1 is 1.20 bits per heavy atom. The van der Waals surface area contributed by atoms with E-state index in [1.807, 2.05) is 13.8 Å². The Morgan fingerprint density at radius 2 is 1.84 bits per heavy atom. The molecule has 1 amide bonds. The van der Waals surface area contributed by atoms with Crippen LogP contribution in [0.5, 0.6) is 0 Å². The number of nitrogens with one attached hydrogen (secondary N) is 1. The van der Waals surface area contributed by atoms with Crippen molar-refractivity contribution >= 4 is 22.6 Å². The molecule has 2 heterocycles. The number of amides is 1. The van der Waals surface area contributed by atoms with Crippen LogP contribution in [0.4, 0.5) is 0 Å². The minimum Gasteiger partial charge on any atom is -0.451 e. The van der Waals surface area contributed by atoms with Crippen LogP contribution in [0.15, 0.2) is 29.1 Å². The second-order valence-electron chi connectivity index (χ2n) is 6.45. The molecule has 2 aromatic rings. The van der Waals surface area contributed by atoms with E-state index < -0.39 is 5.97 Å². The number of H-pyrrole nitrogens is 1. The van der Waals surface area contributed by atoms with Crippen molar-refractivity contribution in [1.29, 1.82) is 0 Å². The van der Waals surface area contributed by atoms with Gasteiger partial charge >= 0.3 is 5.97 Å². The number of fused-ring (bicyclic) bond motifs is 1. The van der Waals surface area contributed by atoms with Gasteiger partial charge in [0.2, 0.25) is 0 Å². The number of esters is 1. The van der Waals surface area contributed by atoms with Gasteiger partial charge in [0.15, 0.2) is 12.3 Å². The second kappa shape index (κ2) is 7.04. The summed E-state index contributed by atoms with van der Waals surface area (Å²) in [5.41, 5.74) is -0.373. The number of aromatic amines is 1. The number of benzene rings is 1. The molecule has 1 aliphatic rings. The molecule has 1 aliphatic heterocycles. The Morgan fingerprint density at radius 3 is 2.52 bits per heavy atom. The van der Waals surface area contributed by atoms with Gasteiger partial charge in [0.05, 0.1) is 5.39 Å². The lowest BCUT2D eigenvalue weighted by Crippen LogP contribution is -2.49. The fourth-order valence-electron chi connectivity index (χ4n) is 3.45. The maximum atomic E-state index is 12.4. The summed E-state index contributed by atoms with van der Waals surface area (Å²) in [6.07, 6.45) is 3.01. The molecule has 0 bridgehead atoms. The van der Waals surface area contributed by atoms with Crippen LogP contribution in [0.25, 0.3) is 10.8 Å². The smallest absolute Gasteiger partial charge is 0.359 e. The number of hydrogen-bond acceptors (Lipinski definition) is 5. The van der Waals surface area contributed by atoms with Gasteiger partial charge in [-0.3, -0.25) is 9.59 Å². The van der Waals surface area contributed by atoms with E-state index in [0.29, 0.717) is 10.8 Å². The van der Waals surface area contributed by atoms with Crippen LogP contribution in [-0.4, -0.2) is 45.7 Å². The maximum Gasteiger partial charge on any atom is 0.359 e. The van der Waals surface area contributed by atoms with Crippen LogP contribution in [0.1, 0.15) is 43.6 Å². The van der Waals surface area contributed by atoms with E-state index in [4.69, 9.17) is 4.74 Å². The minimum atomic E-state index is -0.724. The standard InChI is InChI=1S/C18H21N3O4/c1-11-6-5-7-12(2)21(11)15(22)10-25-18(24)16-13-8-3-4-9-14(13)17(23)20-19-16/h3-4,8-9,11-12H,5-7,10H2,1-2H3,(H,20,23)/t11-,12-/m0/s1. The fourth-order valence-corrected chi connectivity index (χ4v) is 3.45. The van der Waals surface area contributed by atoms with Crippen LogP contribution in [-0.2, 0) is 9.53 Å². The van der Waals surface area contributed by atoms with E-state index in [2.05, 4.69) is 10.2 Å². The highest BCUT2D eigenvalue weighted by Crippen LogP contribution is 2.22. The van der Waals surface area contributed by atoms with E-state index in [9.17, 15) is 14.4 Å². The Bertz CT molecular complexity index is 851. The topological polar surface area (TPSA) is 92.4 Å². The third-order valence-corrected chi connectivity index (χ3v) is 4.70. The van der Waals surface area contributed by atoms with Crippen molar-refractivity contribution in [2.24, 2.45) is 0 Å². The van der Waals surface area contributed by atoms with E-state index >= 15 is 0 Å². The van der Waals surface area contributed by atoms with Crippen molar-refractivity contribution in [3.05, 3.63) is 40.3 Å². The monoisotopic (exact) mass is 343 g/mol. The summed E-state index contributed by atoms with van der Waals surface area (Å²) in [6, 6.07) is 6.93. The van der Waals surface area contributed by atoms with E-state index in [1.165, 1.54) is 0 Å². The largest absolute Gasteiger partial charge is 0.451 e. The normalized spacial score (nSPS) is 20.5. The van der Waals surface area contributed by atoms with Gasteiger partial charge in [0, 0.05) is 17.5 Å². The number of likely N-dealkylation sites (tertiary alicyclic amines) is 1. The average Bonchev–Trinajstić information content (AvgIpc) is 2.60. The first kappa shape index (κ1) is 17.1. The van der Waals surface area contributed by atoms with Crippen molar-refractivity contribution in [3.63, 3.8) is 0 Å². The minimum absolute atomic E-state index is 0.00254. The fraction of sp³-hybridized carbons (Fsp3) is 0.444. The SMILES string of the molecule is C[C@H]1CCC[C@H](C)N1C(=O)COC(=O)c1n[nH]c(=O)c2ccccc12. The summed E-state index contributed by atoms with van der Waals surface area (Å²) >= 11 is 0. The predicted octanol–water partition coefficient (Wildman–Crippen LogP) is 1.87. The average molecular weight is 343 g/mol. The van der Waals surface area contributed by atoms with Gasteiger partial charge < -0.3 is 9.64 Å². The second-order valence-corrected chi connectivity index (χ2v) is 6.45. The molecule has 0 aliphatic carbocycles. The molecule has 7 nitrogen and oxygen atoms in total. The van der Waals surface area contributed by atoms with Crippen LogP contribution in [0.2, 0.25) is 0 Å². The molecule has 1 saturated heterocycles. The third kappa shape index (κ3) is 3.40. The number of aromatic nitrogens is 2. The van der Waals surface area contributed by atoms with Crippen molar-refractivity contribution in [3.8, 4) is 0 Å². The van der Waals surface area contributed by atoms with Crippen LogP contribution in [0, 0.1) is 0 Å². The molecule has 0 radical (unpaired) electrons. The molecular formula is C18H21N3O4. The number of piperidine rings is 1. The molecule has 1 aromatic carbocycles. The third-order valence-electron chi connectivity index (χ3n) is 4.70. The Balaban J connectivity index is 1.74. The first-order valence-corrected chi connectivity index (χ1v) is 8.44. The molecule has 7 heteroatoms. The molecule has 1 fully saturated rings. The Labute approximate surface area is 145 Å². The molecule has 3 rings (SSSR count). The van der Waals surface area contributed by atoms with Gasteiger partial charge in [-0.05, 0) is 39.2 Å². The number of nitrogens with zero attached hydrogens (tertiary/aromatic N) is 2. The molecule has 1 N–H and O–H groups in total. The van der Waals surface area contributed by atoms with E-state index in [-0.39, 0.29) is 35.9 Å². The molecule has 0 spiro atoms.